The Hall–Kier alpha value is -1.39. The zero-order chi connectivity index (χ0) is 10.7. The van der Waals surface area contributed by atoms with Gasteiger partial charge in [-0.15, -0.1) is 0 Å². The molecule has 1 aromatic carbocycles. The van der Waals surface area contributed by atoms with Gasteiger partial charge in [0.1, 0.15) is 18.4 Å². The summed E-state index contributed by atoms with van der Waals surface area (Å²) in [6, 6.07) is 6.72. The molecule has 2 rings (SSSR count). The molecule has 5 heteroatoms. The Bertz CT molecular complexity index is 394. The zero-order valence-electron chi connectivity index (χ0n) is 7.85. The van der Waals surface area contributed by atoms with Crippen LogP contribution >= 0.6 is 11.6 Å². The highest BCUT2D eigenvalue weighted by Gasteiger charge is 2.25. The number of halogens is 1. The molecule has 78 valence electrons. The van der Waals surface area contributed by atoms with Crippen molar-refractivity contribution in [3.05, 3.63) is 34.9 Å². The van der Waals surface area contributed by atoms with E-state index in [2.05, 4.69) is 15.8 Å². The maximum absolute atomic E-state index is 10.8. The molecule has 4 nitrogen and oxygen atoms in total. The molecule has 0 saturated heterocycles. The van der Waals surface area contributed by atoms with E-state index in [0.717, 1.165) is 11.8 Å². The molecule has 0 bridgehead atoms. The molecule has 2 atom stereocenters. The molecule has 0 saturated carbocycles. The lowest BCUT2D eigenvalue weighted by molar-refractivity contribution is -0.110. The smallest absolute Gasteiger partial charge is 0.141 e. The summed E-state index contributed by atoms with van der Waals surface area (Å²) in [6.07, 6.45) is 2.34. The molecule has 2 unspecified atom stereocenters. The van der Waals surface area contributed by atoms with Crippen LogP contribution in [0.5, 0.6) is 0 Å². The fourth-order valence-electron chi connectivity index (χ4n) is 1.52. The van der Waals surface area contributed by atoms with Crippen molar-refractivity contribution in [2.24, 2.45) is 4.99 Å². The number of rotatable bonds is 2. The summed E-state index contributed by atoms with van der Waals surface area (Å²) in [4.78, 5) is 15.0. The van der Waals surface area contributed by atoms with Crippen LogP contribution in [0.15, 0.2) is 29.3 Å². The van der Waals surface area contributed by atoms with Gasteiger partial charge in [0.25, 0.3) is 0 Å². The summed E-state index contributed by atoms with van der Waals surface area (Å²) in [5, 5.41) is 0.621. The van der Waals surface area contributed by atoms with Crippen LogP contribution in [0.2, 0.25) is 5.02 Å². The number of nitrogens with zero attached hydrogens (tertiary/aromatic N) is 1. The second kappa shape index (κ2) is 4.42. The Labute approximate surface area is 92.3 Å². The maximum Gasteiger partial charge on any atom is 0.141 e. The van der Waals surface area contributed by atoms with Crippen LogP contribution in [0.25, 0.3) is 0 Å². The van der Waals surface area contributed by atoms with E-state index in [1.54, 1.807) is 6.07 Å². The third-order valence-electron chi connectivity index (χ3n) is 2.26. The maximum atomic E-state index is 10.8. The van der Waals surface area contributed by atoms with Gasteiger partial charge in [0.05, 0.1) is 6.34 Å². The summed E-state index contributed by atoms with van der Waals surface area (Å²) in [6.45, 7) is 0. The number of benzene rings is 1. The SMILES string of the molecule is O=CC1NNC=NC1c1ccccc1Cl. The van der Waals surface area contributed by atoms with Gasteiger partial charge in [-0.2, -0.15) is 0 Å². The van der Waals surface area contributed by atoms with Crippen molar-refractivity contribution in [1.82, 2.24) is 10.9 Å². The molecule has 0 radical (unpaired) electrons. The van der Waals surface area contributed by atoms with Gasteiger partial charge < -0.3 is 10.2 Å². The fraction of sp³-hybridized carbons (Fsp3) is 0.200. The van der Waals surface area contributed by atoms with Gasteiger partial charge in [-0.1, -0.05) is 29.8 Å². The lowest BCUT2D eigenvalue weighted by Gasteiger charge is -2.25. The van der Waals surface area contributed by atoms with Gasteiger partial charge in [-0.05, 0) is 11.6 Å². The molecule has 1 aliphatic heterocycles. The van der Waals surface area contributed by atoms with Gasteiger partial charge in [-0.3, -0.25) is 4.99 Å². The first-order valence-corrected chi connectivity index (χ1v) is 4.93. The Morgan fingerprint density at radius 2 is 2.20 bits per heavy atom. The third kappa shape index (κ3) is 2.00. The third-order valence-corrected chi connectivity index (χ3v) is 2.60. The summed E-state index contributed by atoms with van der Waals surface area (Å²) in [5.41, 5.74) is 6.36. The van der Waals surface area contributed by atoms with Crippen molar-refractivity contribution in [3.8, 4) is 0 Å². The number of carbonyl (C=O) groups excluding carboxylic acids is 1. The van der Waals surface area contributed by atoms with Gasteiger partial charge in [-0.25, -0.2) is 5.43 Å². The summed E-state index contributed by atoms with van der Waals surface area (Å²) >= 11 is 6.04. The predicted molar refractivity (Wildman–Crippen MR) is 58.8 cm³/mol. The van der Waals surface area contributed by atoms with Gasteiger partial charge >= 0.3 is 0 Å². The van der Waals surface area contributed by atoms with Crippen LogP contribution < -0.4 is 10.9 Å². The van der Waals surface area contributed by atoms with E-state index in [0.29, 0.717) is 5.02 Å². The summed E-state index contributed by atoms with van der Waals surface area (Å²) in [5.74, 6) is 0. The molecular weight excluding hydrogens is 214 g/mol. The molecular formula is C10H10ClN3O. The standard InChI is InChI=1S/C10H10ClN3O/c11-8-4-2-1-3-7(8)10-9(5-15)14-13-6-12-10/h1-6,9-10,14H,(H,12,13). The monoisotopic (exact) mass is 223 g/mol. The number of hydrogen-bond donors (Lipinski definition) is 2. The minimum absolute atomic E-state index is 0.266. The van der Waals surface area contributed by atoms with E-state index in [1.807, 2.05) is 18.2 Å². The number of aliphatic imine (C=N–C) groups is 1. The molecule has 1 heterocycles. The molecule has 1 aliphatic rings. The van der Waals surface area contributed by atoms with Crippen molar-refractivity contribution in [3.63, 3.8) is 0 Å². The highest BCUT2D eigenvalue weighted by Crippen LogP contribution is 2.27. The fourth-order valence-corrected chi connectivity index (χ4v) is 1.77. The average Bonchev–Trinajstić information content (AvgIpc) is 2.30. The predicted octanol–water partition coefficient (Wildman–Crippen LogP) is 1.08. The number of nitrogens with one attached hydrogen (secondary N) is 2. The Balaban J connectivity index is 2.36. The molecule has 0 amide bonds. The first-order valence-electron chi connectivity index (χ1n) is 4.55. The number of hydrogen-bond acceptors (Lipinski definition) is 4. The lowest BCUT2D eigenvalue weighted by atomic mass is 10.0. The Morgan fingerprint density at radius 1 is 1.40 bits per heavy atom. The van der Waals surface area contributed by atoms with Crippen molar-refractivity contribution >= 4 is 24.2 Å². The largest absolute Gasteiger partial charge is 0.311 e. The summed E-state index contributed by atoms with van der Waals surface area (Å²) < 4.78 is 0. The van der Waals surface area contributed by atoms with Crippen LogP contribution in [-0.2, 0) is 4.79 Å². The molecule has 0 fully saturated rings. The number of hydrazine groups is 1. The summed E-state index contributed by atoms with van der Waals surface area (Å²) in [7, 11) is 0. The van der Waals surface area contributed by atoms with Crippen molar-refractivity contribution < 1.29 is 4.79 Å². The lowest BCUT2D eigenvalue weighted by Crippen LogP contribution is -2.47. The van der Waals surface area contributed by atoms with E-state index in [9.17, 15) is 4.79 Å². The Morgan fingerprint density at radius 3 is 2.93 bits per heavy atom. The molecule has 0 aliphatic carbocycles. The molecule has 15 heavy (non-hydrogen) atoms. The minimum Gasteiger partial charge on any atom is -0.311 e. The highest BCUT2D eigenvalue weighted by atomic mass is 35.5. The van der Waals surface area contributed by atoms with Crippen LogP contribution in [0.4, 0.5) is 0 Å². The topological polar surface area (TPSA) is 53.5 Å². The van der Waals surface area contributed by atoms with E-state index in [4.69, 9.17) is 11.6 Å². The van der Waals surface area contributed by atoms with Crippen LogP contribution in [0.1, 0.15) is 11.6 Å². The second-order valence-corrected chi connectivity index (χ2v) is 3.60. The molecule has 0 spiro atoms. The van der Waals surface area contributed by atoms with Gasteiger partial charge in [0.2, 0.25) is 0 Å². The van der Waals surface area contributed by atoms with Crippen LogP contribution in [-0.4, -0.2) is 18.7 Å². The Kier molecular flexibility index (Phi) is 2.99. The highest BCUT2D eigenvalue weighted by molar-refractivity contribution is 6.31. The zero-order valence-corrected chi connectivity index (χ0v) is 8.61. The van der Waals surface area contributed by atoms with Crippen molar-refractivity contribution in [1.29, 1.82) is 0 Å². The van der Waals surface area contributed by atoms with E-state index in [1.165, 1.54) is 6.34 Å². The minimum atomic E-state index is -0.394. The van der Waals surface area contributed by atoms with Crippen LogP contribution in [0.3, 0.4) is 0 Å². The van der Waals surface area contributed by atoms with Gasteiger partial charge in [0.15, 0.2) is 0 Å². The molecule has 0 aromatic heterocycles. The first-order chi connectivity index (χ1) is 7.33. The van der Waals surface area contributed by atoms with E-state index < -0.39 is 6.04 Å². The first kappa shape index (κ1) is 10.1. The molecule has 2 N–H and O–H groups in total. The number of carbonyl (C=O) groups is 1. The van der Waals surface area contributed by atoms with E-state index >= 15 is 0 Å². The quantitative estimate of drug-likeness (QED) is 0.738. The normalized spacial score (nSPS) is 24.6. The van der Waals surface area contributed by atoms with Crippen molar-refractivity contribution in [2.75, 3.05) is 0 Å². The second-order valence-electron chi connectivity index (χ2n) is 3.20. The van der Waals surface area contributed by atoms with Gasteiger partial charge in [0, 0.05) is 5.02 Å². The van der Waals surface area contributed by atoms with Crippen molar-refractivity contribution in [2.45, 2.75) is 12.1 Å². The van der Waals surface area contributed by atoms with E-state index in [-0.39, 0.29) is 6.04 Å². The molecule has 1 aromatic rings. The van der Waals surface area contributed by atoms with Crippen LogP contribution in [0, 0.1) is 0 Å². The number of aldehydes is 1. The average molecular weight is 224 g/mol.